The van der Waals surface area contributed by atoms with Crippen molar-refractivity contribution in [3.8, 4) is 0 Å². The van der Waals surface area contributed by atoms with E-state index in [1.807, 2.05) is 18.2 Å². The Morgan fingerprint density at radius 1 is 1.42 bits per heavy atom. The maximum absolute atomic E-state index is 6.01. The minimum Gasteiger partial charge on any atom is -0.381 e. The molecule has 2 heterocycles. The van der Waals surface area contributed by atoms with Gasteiger partial charge in [-0.25, -0.2) is 4.98 Å². The lowest BCUT2D eigenvalue weighted by Gasteiger charge is -2.23. The Morgan fingerprint density at radius 2 is 2.32 bits per heavy atom. The van der Waals surface area contributed by atoms with E-state index in [0.29, 0.717) is 16.8 Å². The van der Waals surface area contributed by atoms with Gasteiger partial charge in [0.15, 0.2) is 0 Å². The molecule has 3 rings (SSSR count). The van der Waals surface area contributed by atoms with Gasteiger partial charge in [0.1, 0.15) is 5.82 Å². The zero-order chi connectivity index (χ0) is 13.2. The van der Waals surface area contributed by atoms with Crippen molar-refractivity contribution >= 4 is 34.2 Å². The number of rotatable bonds is 3. The summed E-state index contributed by atoms with van der Waals surface area (Å²) in [6.07, 6.45) is 2.34. The largest absolute Gasteiger partial charge is 0.381 e. The van der Waals surface area contributed by atoms with Crippen LogP contribution in [-0.4, -0.2) is 22.8 Å². The van der Waals surface area contributed by atoms with Gasteiger partial charge in [-0.2, -0.15) is 0 Å². The van der Waals surface area contributed by atoms with Gasteiger partial charge >= 0.3 is 0 Å². The van der Waals surface area contributed by atoms with Crippen molar-refractivity contribution in [1.82, 2.24) is 9.55 Å². The average Bonchev–Trinajstić information content (AvgIpc) is 2.77. The summed E-state index contributed by atoms with van der Waals surface area (Å²) in [5, 5.41) is 0.708. The van der Waals surface area contributed by atoms with Crippen LogP contribution in [0.15, 0.2) is 18.2 Å². The predicted octanol–water partition coefficient (Wildman–Crippen LogP) is 3.86. The molecule has 0 aliphatic carbocycles. The average molecular weight is 299 g/mol. The Balaban J connectivity index is 1.95. The first-order valence-corrected chi connectivity index (χ1v) is 7.47. The molecule has 0 bridgehead atoms. The molecular weight excluding hydrogens is 283 g/mol. The van der Waals surface area contributed by atoms with Crippen LogP contribution in [0, 0.1) is 5.92 Å². The van der Waals surface area contributed by atoms with Gasteiger partial charge in [-0.1, -0.05) is 11.6 Å². The molecule has 0 N–H and O–H groups in total. The van der Waals surface area contributed by atoms with Crippen LogP contribution in [0.5, 0.6) is 0 Å². The molecular formula is C14H16Cl2N2O. The number of halogens is 2. The number of ether oxygens (including phenoxy) is 1. The summed E-state index contributed by atoms with van der Waals surface area (Å²) in [6, 6.07) is 5.81. The van der Waals surface area contributed by atoms with E-state index in [1.54, 1.807) is 0 Å². The molecule has 5 heteroatoms. The fourth-order valence-electron chi connectivity index (χ4n) is 2.67. The van der Waals surface area contributed by atoms with Crippen LogP contribution in [0.1, 0.15) is 18.7 Å². The van der Waals surface area contributed by atoms with Gasteiger partial charge in [-0.05, 0) is 31.0 Å². The highest BCUT2D eigenvalue weighted by molar-refractivity contribution is 6.31. The number of imidazole rings is 1. The van der Waals surface area contributed by atoms with Crippen LogP contribution in [0.25, 0.3) is 11.0 Å². The molecule has 0 spiro atoms. The third-order valence-electron chi connectivity index (χ3n) is 3.60. The van der Waals surface area contributed by atoms with Gasteiger partial charge < -0.3 is 9.30 Å². The Morgan fingerprint density at radius 3 is 3.05 bits per heavy atom. The Bertz CT molecular complexity index is 576. The fraction of sp³-hybridized carbons (Fsp3) is 0.500. The third-order valence-corrected chi connectivity index (χ3v) is 4.08. The molecule has 1 unspecified atom stereocenters. The monoisotopic (exact) mass is 298 g/mol. The van der Waals surface area contributed by atoms with Crippen molar-refractivity contribution in [1.29, 1.82) is 0 Å². The lowest BCUT2D eigenvalue weighted by Crippen LogP contribution is -2.22. The van der Waals surface area contributed by atoms with Gasteiger partial charge in [-0.3, -0.25) is 0 Å². The molecule has 1 aromatic heterocycles. The summed E-state index contributed by atoms with van der Waals surface area (Å²) >= 11 is 12.0. The normalized spacial score (nSPS) is 20.0. The summed E-state index contributed by atoms with van der Waals surface area (Å²) in [6.45, 7) is 2.63. The molecule has 3 nitrogen and oxygen atoms in total. The summed E-state index contributed by atoms with van der Waals surface area (Å²) in [7, 11) is 0. The van der Waals surface area contributed by atoms with Crippen molar-refractivity contribution in [3.05, 3.63) is 29.0 Å². The van der Waals surface area contributed by atoms with Gasteiger partial charge in [0, 0.05) is 24.1 Å². The zero-order valence-electron chi connectivity index (χ0n) is 10.6. The topological polar surface area (TPSA) is 27.1 Å². The van der Waals surface area contributed by atoms with Crippen molar-refractivity contribution in [2.75, 3.05) is 13.2 Å². The van der Waals surface area contributed by atoms with E-state index in [1.165, 1.54) is 6.42 Å². The van der Waals surface area contributed by atoms with Gasteiger partial charge in [-0.15, -0.1) is 11.6 Å². The van der Waals surface area contributed by atoms with Crippen molar-refractivity contribution in [2.45, 2.75) is 25.3 Å². The Kier molecular flexibility index (Phi) is 3.96. The standard InChI is InChI=1S/C14H16Cl2N2O/c15-7-14-17-12-6-11(16)3-4-13(12)18(14)8-10-2-1-5-19-9-10/h3-4,6,10H,1-2,5,7-9H2. The maximum Gasteiger partial charge on any atom is 0.124 e. The maximum atomic E-state index is 6.01. The first-order chi connectivity index (χ1) is 9.28. The fourth-order valence-corrected chi connectivity index (χ4v) is 3.04. The second kappa shape index (κ2) is 5.70. The van der Waals surface area contributed by atoms with Crippen LogP contribution < -0.4 is 0 Å². The van der Waals surface area contributed by atoms with Crippen LogP contribution in [0.4, 0.5) is 0 Å². The first-order valence-electron chi connectivity index (χ1n) is 6.56. The highest BCUT2D eigenvalue weighted by Gasteiger charge is 2.18. The second-order valence-corrected chi connectivity index (χ2v) is 5.69. The third kappa shape index (κ3) is 2.73. The van der Waals surface area contributed by atoms with E-state index < -0.39 is 0 Å². The first kappa shape index (κ1) is 13.2. The highest BCUT2D eigenvalue weighted by Crippen LogP contribution is 2.24. The molecule has 0 radical (unpaired) electrons. The summed E-state index contributed by atoms with van der Waals surface area (Å²) < 4.78 is 7.75. The Labute approximate surface area is 122 Å². The SMILES string of the molecule is ClCc1nc2cc(Cl)ccc2n1CC1CCCOC1. The number of nitrogens with zero attached hydrogens (tertiary/aromatic N) is 2. The van der Waals surface area contributed by atoms with Crippen LogP contribution in [0.3, 0.4) is 0 Å². The van der Waals surface area contributed by atoms with Crippen molar-refractivity contribution in [3.63, 3.8) is 0 Å². The number of fused-ring (bicyclic) bond motifs is 1. The summed E-state index contributed by atoms with van der Waals surface area (Å²) in [4.78, 5) is 4.56. The molecule has 1 fully saturated rings. The molecule has 1 aliphatic heterocycles. The van der Waals surface area contributed by atoms with E-state index in [2.05, 4.69) is 9.55 Å². The van der Waals surface area contributed by atoms with Crippen molar-refractivity contribution in [2.24, 2.45) is 5.92 Å². The predicted molar refractivity (Wildman–Crippen MR) is 77.8 cm³/mol. The van der Waals surface area contributed by atoms with Gasteiger partial charge in [0.2, 0.25) is 0 Å². The lowest BCUT2D eigenvalue weighted by atomic mass is 10.0. The lowest BCUT2D eigenvalue weighted by molar-refractivity contribution is 0.0485. The van der Waals surface area contributed by atoms with E-state index in [4.69, 9.17) is 27.9 Å². The minimum absolute atomic E-state index is 0.417. The van der Waals surface area contributed by atoms with Crippen LogP contribution >= 0.6 is 23.2 Å². The molecule has 1 aliphatic rings. The molecule has 0 saturated carbocycles. The second-order valence-electron chi connectivity index (χ2n) is 4.99. The number of alkyl halides is 1. The summed E-state index contributed by atoms with van der Waals surface area (Å²) in [5.41, 5.74) is 2.02. The van der Waals surface area contributed by atoms with Gasteiger partial charge in [0.05, 0.1) is 23.5 Å². The van der Waals surface area contributed by atoms with E-state index in [0.717, 1.165) is 43.0 Å². The number of aromatic nitrogens is 2. The molecule has 2 aromatic rings. The molecule has 102 valence electrons. The molecule has 0 amide bonds. The number of benzene rings is 1. The smallest absolute Gasteiger partial charge is 0.124 e. The van der Waals surface area contributed by atoms with Crippen LogP contribution in [-0.2, 0) is 17.2 Å². The number of hydrogen-bond acceptors (Lipinski definition) is 2. The van der Waals surface area contributed by atoms with E-state index in [-0.39, 0.29) is 0 Å². The zero-order valence-corrected chi connectivity index (χ0v) is 12.1. The molecule has 1 aromatic carbocycles. The molecule has 19 heavy (non-hydrogen) atoms. The highest BCUT2D eigenvalue weighted by atomic mass is 35.5. The van der Waals surface area contributed by atoms with Gasteiger partial charge in [0.25, 0.3) is 0 Å². The van der Waals surface area contributed by atoms with Crippen LogP contribution in [0.2, 0.25) is 5.02 Å². The molecule has 1 atom stereocenters. The van der Waals surface area contributed by atoms with Crippen molar-refractivity contribution < 1.29 is 4.74 Å². The Hall–Kier alpha value is -0.770. The minimum atomic E-state index is 0.417. The summed E-state index contributed by atoms with van der Waals surface area (Å²) in [5.74, 6) is 1.87. The molecule has 1 saturated heterocycles. The van der Waals surface area contributed by atoms with E-state index in [9.17, 15) is 0 Å². The number of hydrogen-bond donors (Lipinski definition) is 0. The quantitative estimate of drug-likeness (QED) is 0.805. The van der Waals surface area contributed by atoms with E-state index >= 15 is 0 Å².